The Hall–Kier alpha value is -1.28. The van der Waals surface area contributed by atoms with Gasteiger partial charge in [0.1, 0.15) is 0 Å². The number of hydrogen-bond donors (Lipinski definition) is 3. The zero-order valence-electron chi connectivity index (χ0n) is 13.6. The lowest BCUT2D eigenvalue weighted by Gasteiger charge is -2.25. The van der Waals surface area contributed by atoms with Crippen molar-refractivity contribution in [3.8, 4) is 0 Å². The first kappa shape index (κ1) is 23.0. The Labute approximate surface area is 190 Å². The number of alkyl halides is 3. The number of nitrogens with one attached hydrogen (secondary N) is 3. The first-order valence-corrected chi connectivity index (χ1v) is 9.64. The second-order valence-corrected chi connectivity index (χ2v) is 8.75. The number of rotatable bonds is 4. The smallest absolute Gasteiger partial charge is 0.413 e. The highest BCUT2D eigenvalue weighted by Crippen LogP contribution is 2.32. The summed E-state index contributed by atoms with van der Waals surface area (Å²) in [5.41, 5.74) is 0.591. The summed E-state index contributed by atoms with van der Waals surface area (Å²) in [4.78, 5) is 24.2. The van der Waals surface area contributed by atoms with Crippen molar-refractivity contribution in [3.05, 3.63) is 57.5 Å². The number of para-hydroxylation sites is 1. The monoisotopic (exact) mass is 503 g/mol. The number of ether oxygens (including phenoxy) is 1. The molecule has 3 amide bonds. The summed E-state index contributed by atoms with van der Waals surface area (Å²) in [7, 11) is 0. The van der Waals surface area contributed by atoms with Gasteiger partial charge < -0.3 is 10.1 Å². The van der Waals surface area contributed by atoms with Crippen LogP contribution in [0.1, 0.15) is 0 Å². The molecular weight excluding hydrogens is 495 g/mol. The molecule has 0 saturated heterocycles. The van der Waals surface area contributed by atoms with Crippen LogP contribution in [0.2, 0.25) is 15.1 Å². The lowest BCUT2D eigenvalue weighted by atomic mass is 10.3. The molecule has 2 aromatic rings. The van der Waals surface area contributed by atoms with E-state index in [9.17, 15) is 9.59 Å². The topological polar surface area (TPSA) is 79.5 Å². The molecule has 2 aromatic carbocycles. The van der Waals surface area contributed by atoms with E-state index in [1.54, 1.807) is 24.3 Å². The molecule has 0 radical (unpaired) electrons. The highest BCUT2D eigenvalue weighted by molar-refractivity contribution is 6.68. The number of carbonyl (C=O) groups excluding carboxylic acids is 2. The van der Waals surface area contributed by atoms with Crippen LogP contribution in [0.4, 0.5) is 21.0 Å². The Kier molecular flexibility index (Phi) is 8.18. The summed E-state index contributed by atoms with van der Waals surface area (Å²) < 4.78 is 2.84. The van der Waals surface area contributed by atoms with Crippen molar-refractivity contribution in [1.82, 2.24) is 5.32 Å². The maximum atomic E-state index is 12.1. The van der Waals surface area contributed by atoms with Crippen LogP contribution in [-0.2, 0) is 4.74 Å². The SMILES string of the molecule is O=C(Nc1ccccc1Cl)NC(OC(=O)Nc1ccc(Cl)c(Cl)c1)C(Cl)(Cl)Cl. The molecule has 0 spiro atoms. The van der Waals surface area contributed by atoms with Gasteiger partial charge in [-0.05, 0) is 30.3 Å². The Morgan fingerprint density at radius 3 is 2.18 bits per heavy atom. The summed E-state index contributed by atoms with van der Waals surface area (Å²) >= 11 is 35.0. The van der Waals surface area contributed by atoms with E-state index in [0.717, 1.165) is 0 Å². The molecule has 3 N–H and O–H groups in total. The fourth-order valence-corrected chi connectivity index (χ4v) is 2.62. The molecule has 0 aliphatic rings. The summed E-state index contributed by atoms with van der Waals surface area (Å²) in [6, 6.07) is 10.0. The van der Waals surface area contributed by atoms with Gasteiger partial charge in [-0.1, -0.05) is 81.7 Å². The van der Waals surface area contributed by atoms with Crippen LogP contribution in [-0.4, -0.2) is 22.1 Å². The third-order valence-electron chi connectivity index (χ3n) is 3.07. The predicted molar refractivity (Wildman–Crippen MR) is 114 cm³/mol. The van der Waals surface area contributed by atoms with Crippen molar-refractivity contribution >= 4 is 93.1 Å². The fraction of sp³-hybridized carbons (Fsp3) is 0.125. The molecule has 0 saturated carbocycles. The number of benzene rings is 2. The minimum absolute atomic E-state index is 0.217. The van der Waals surface area contributed by atoms with Gasteiger partial charge in [0.05, 0.1) is 20.8 Å². The number of carbonyl (C=O) groups is 2. The third-order valence-corrected chi connectivity index (χ3v) is 4.74. The van der Waals surface area contributed by atoms with Gasteiger partial charge in [-0.25, -0.2) is 9.59 Å². The fourth-order valence-electron chi connectivity index (χ4n) is 1.85. The van der Waals surface area contributed by atoms with Crippen LogP contribution in [0.5, 0.6) is 0 Å². The lowest BCUT2D eigenvalue weighted by Crippen LogP contribution is -2.49. The first-order chi connectivity index (χ1) is 13.1. The maximum absolute atomic E-state index is 12.1. The minimum atomic E-state index is -2.16. The summed E-state index contributed by atoms with van der Waals surface area (Å²) in [6.07, 6.45) is -2.63. The summed E-state index contributed by atoms with van der Waals surface area (Å²) in [5, 5.41) is 7.87. The van der Waals surface area contributed by atoms with Crippen molar-refractivity contribution in [3.63, 3.8) is 0 Å². The van der Waals surface area contributed by atoms with Gasteiger partial charge in [0.2, 0.25) is 10.0 Å². The molecule has 28 heavy (non-hydrogen) atoms. The van der Waals surface area contributed by atoms with Gasteiger partial charge in [-0.15, -0.1) is 0 Å². The van der Waals surface area contributed by atoms with E-state index in [-0.39, 0.29) is 10.7 Å². The zero-order valence-corrected chi connectivity index (χ0v) is 18.1. The summed E-state index contributed by atoms with van der Waals surface area (Å²) in [6.45, 7) is 0. The molecule has 1 unspecified atom stereocenters. The number of halogens is 6. The lowest BCUT2D eigenvalue weighted by molar-refractivity contribution is 0.0985. The number of urea groups is 1. The van der Waals surface area contributed by atoms with Crippen LogP contribution in [0.25, 0.3) is 0 Å². The highest BCUT2D eigenvalue weighted by atomic mass is 35.6. The second-order valence-electron chi connectivity index (χ2n) is 5.16. The van der Waals surface area contributed by atoms with E-state index in [0.29, 0.717) is 15.7 Å². The van der Waals surface area contributed by atoms with Crippen molar-refractivity contribution in [1.29, 1.82) is 0 Å². The molecule has 0 aliphatic heterocycles. The molecule has 0 bridgehead atoms. The van der Waals surface area contributed by atoms with Crippen molar-refractivity contribution < 1.29 is 14.3 Å². The van der Waals surface area contributed by atoms with Crippen LogP contribution in [0, 0.1) is 0 Å². The Balaban J connectivity index is 2.02. The van der Waals surface area contributed by atoms with E-state index in [1.165, 1.54) is 18.2 Å². The zero-order chi connectivity index (χ0) is 20.9. The Morgan fingerprint density at radius 1 is 0.893 bits per heavy atom. The van der Waals surface area contributed by atoms with Gasteiger partial charge in [0.25, 0.3) is 0 Å². The number of hydrogen-bond acceptors (Lipinski definition) is 3. The largest absolute Gasteiger partial charge is 0.421 e. The number of amides is 3. The van der Waals surface area contributed by atoms with E-state index in [2.05, 4.69) is 16.0 Å². The molecule has 2 rings (SSSR count). The molecule has 0 fully saturated rings. The average Bonchev–Trinajstić information content (AvgIpc) is 2.59. The minimum Gasteiger partial charge on any atom is -0.421 e. The van der Waals surface area contributed by atoms with Crippen LogP contribution in [0.15, 0.2) is 42.5 Å². The molecule has 0 aliphatic carbocycles. The molecule has 150 valence electrons. The van der Waals surface area contributed by atoms with Gasteiger partial charge >= 0.3 is 12.1 Å². The van der Waals surface area contributed by atoms with Gasteiger partial charge in [0.15, 0.2) is 0 Å². The molecular formula is C16H11Cl6N3O3. The van der Waals surface area contributed by atoms with Gasteiger partial charge in [-0.3, -0.25) is 10.6 Å². The number of anilines is 2. The van der Waals surface area contributed by atoms with Crippen molar-refractivity contribution in [2.45, 2.75) is 10.0 Å². The standard InChI is InChI=1S/C16H11Cl6N3O3/c17-9-6-5-8(7-11(9)19)23-15(27)28-13(16(20,21)22)25-14(26)24-12-4-2-1-3-10(12)18/h1-7,13H,(H,23,27)(H2,24,25,26). The van der Waals surface area contributed by atoms with Gasteiger partial charge in [0, 0.05) is 5.69 Å². The van der Waals surface area contributed by atoms with E-state index in [1.807, 2.05) is 0 Å². The Morgan fingerprint density at radius 2 is 1.57 bits per heavy atom. The first-order valence-electron chi connectivity index (χ1n) is 7.37. The van der Waals surface area contributed by atoms with E-state index in [4.69, 9.17) is 74.3 Å². The van der Waals surface area contributed by atoms with Crippen molar-refractivity contribution in [2.24, 2.45) is 0 Å². The van der Waals surface area contributed by atoms with Gasteiger partial charge in [-0.2, -0.15) is 0 Å². The van der Waals surface area contributed by atoms with Crippen LogP contribution >= 0.6 is 69.6 Å². The predicted octanol–water partition coefficient (Wildman–Crippen LogP) is 6.71. The second kappa shape index (κ2) is 9.96. The Bertz CT molecular complexity index is 875. The van der Waals surface area contributed by atoms with Crippen LogP contribution in [0.3, 0.4) is 0 Å². The molecule has 12 heteroatoms. The quantitative estimate of drug-likeness (QED) is 0.319. The molecule has 0 aromatic heterocycles. The third kappa shape index (κ3) is 6.95. The van der Waals surface area contributed by atoms with Crippen LogP contribution < -0.4 is 16.0 Å². The van der Waals surface area contributed by atoms with E-state index >= 15 is 0 Å². The van der Waals surface area contributed by atoms with Crippen molar-refractivity contribution in [2.75, 3.05) is 10.6 Å². The molecule has 6 nitrogen and oxygen atoms in total. The molecule has 0 heterocycles. The maximum Gasteiger partial charge on any atom is 0.413 e. The highest BCUT2D eigenvalue weighted by Gasteiger charge is 2.37. The van der Waals surface area contributed by atoms with E-state index < -0.39 is 22.1 Å². The summed E-state index contributed by atoms with van der Waals surface area (Å²) in [5.74, 6) is 0. The normalized spacial score (nSPS) is 12.1. The molecule has 1 atom stereocenters. The average molecular weight is 506 g/mol.